The number of para-hydroxylation sites is 1. The third kappa shape index (κ3) is 4.13. The zero-order valence-electron chi connectivity index (χ0n) is 11.6. The van der Waals surface area contributed by atoms with Gasteiger partial charge in [-0.1, -0.05) is 47.5 Å². The van der Waals surface area contributed by atoms with E-state index < -0.39 is 0 Å². The maximum Gasteiger partial charge on any atom is 0.227 e. The lowest BCUT2D eigenvalue weighted by molar-refractivity contribution is -0.129. The van der Waals surface area contributed by atoms with Crippen LogP contribution in [0.2, 0.25) is 10.0 Å². The second-order valence-electron chi connectivity index (χ2n) is 4.86. The molecule has 110 valence electrons. The van der Waals surface area contributed by atoms with Crippen molar-refractivity contribution in [2.24, 2.45) is 0 Å². The molecule has 1 amide bonds. The molecule has 0 spiro atoms. The van der Waals surface area contributed by atoms with Crippen LogP contribution in [0, 0.1) is 0 Å². The van der Waals surface area contributed by atoms with Crippen molar-refractivity contribution in [3.63, 3.8) is 0 Å². The van der Waals surface area contributed by atoms with Crippen molar-refractivity contribution in [1.82, 2.24) is 4.90 Å². The first-order chi connectivity index (χ1) is 9.97. The first-order valence-corrected chi connectivity index (χ1v) is 7.24. The fourth-order valence-electron chi connectivity index (χ4n) is 1.99. The summed E-state index contributed by atoms with van der Waals surface area (Å²) < 4.78 is 0. The lowest BCUT2D eigenvalue weighted by atomic mass is 10.1. The molecule has 0 aliphatic carbocycles. The maximum absolute atomic E-state index is 12.2. The molecular formula is C16H16Cl2N2O. The average molecular weight is 323 g/mol. The summed E-state index contributed by atoms with van der Waals surface area (Å²) in [4.78, 5) is 13.9. The van der Waals surface area contributed by atoms with Crippen molar-refractivity contribution >= 4 is 34.8 Å². The number of carbonyl (C=O) groups is 1. The Bertz CT molecular complexity index is 658. The molecule has 0 aliphatic rings. The first-order valence-electron chi connectivity index (χ1n) is 6.48. The van der Waals surface area contributed by atoms with Gasteiger partial charge in [-0.05, 0) is 29.3 Å². The number of likely N-dealkylation sites (N-methyl/N-ethyl adjacent to an activating group) is 1. The minimum atomic E-state index is -0.0149. The number of hydrogen-bond acceptors (Lipinski definition) is 2. The van der Waals surface area contributed by atoms with Gasteiger partial charge in [0.15, 0.2) is 0 Å². The summed E-state index contributed by atoms with van der Waals surface area (Å²) in [6, 6.07) is 12.6. The van der Waals surface area contributed by atoms with Crippen LogP contribution in [0.15, 0.2) is 42.5 Å². The fourth-order valence-corrected chi connectivity index (χ4v) is 2.45. The van der Waals surface area contributed by atoms with E-state index in [-0.39, 0.29) is 12.3 Å². The summed E-state index contributed by atoms with van der Waals surface area (Å²) in [6.45, 7) is 0.432. The Hall–Kier alpha value is -1.71. The van der Waals surface area contributed by atoms with Crippen LogP contribution in [0.5, 0.6) is 0 Å². The lowest BCUT2D eigenvalue weighted by Gasteiger charge is -2.18. The molecule has 0 saturated carbocycles. The number of benzene rings is 2. The summed E-state index contributed by atoms with van der Waals surface area (Å²) >= 11 is 12.0. The molecule has 0 heterocycles. The van der Waals surface area contributed by atoms with Gasteiger partial charge >= 0.3 is 0 Å². The Balaban J connectivity index is 2.04. The Morgan fingerprint density at radius 3 is 2.52 bits per heavy atom. The maximum atomic E-state index is 12.2. The molecule has 0 aliphatic heterocycles. The topological polar surface area (TPSA) is 46.3 Å². The molecule has 0 aromatic heterocycles. The molecular weight excluding hydrogens is 307 g/mol. The highest BCUT2D eigenvalue weighted by atomic mass is 35.5. The Kier molecular flexibility index (Phi) is 5.10. The third-order valence-corrected chi connectivity index (χ3v) is 3.83. The molecule has 2 aromatic rings. The van der Waals surface area contributed by atoms with Crippen LogP contribution in [-0.2, 0) is 17.8 Å². The summed E-state index contributed by atoms with van der Waals surface area (Å²) in [5, 5.41) is 1.14. The van der Waals surface area contributed by atoms with Crippen molar-refractivity contribution in [2.75, 3.05) is 12.8 Å². The van der Waals surface area contributed by atoms with Gasteiger partial charge < -0.3 is 10.6 Å². The summed E-state index contributed by atoms with van der Waals surface area (Å²) in [6.07, 6.45) is 0.272. The fraction of sp³-hybridized carbons (Fsp3) is 0.188. The number of nitrogens with two attached hydrogens (primary N) is 1. The second kappa shape index (κ2) is 6.83. The normalized spacial score (nSPS) is 10.4. The number of rotatable bonds is 4. The molecule has 21 heavy (non-hydrogen) atoms. The van der Waals surface area contributed by atoms with E-state index >= 15 is 0 Å². The van der Waals surface area contributed by atoms with Crippen molar-refractivity contribution < 1.29 is 4.79 Å². The van der Waals surface area contributed by atoms with E-state index in [1.807, 2.05) is 24.3 Å². The molecule has 0 saturated heterocycles. The lowest BCUT2D eigenvalue weighted by Crippen LogP contribution is -2.28. The summed E-state index contributed by atoms with van der Waals surface area (Å²) in [7, 11) is 1.74. The molecule has 0 fully saturated rings. The second-order valence-corrected chi connectivity index (χ2v) is 5.70. The molecule has 2 rings (SSSR count). The van der Waals surface area contributed by atoms with Gasteiger partial charge in [-0.15, -0.1) is 0 Å². The number of amides is 1. The molecule has 0 bridgehead atoms. The van der Waals surface area contributed by atoms with E-state index in [0.717, 1.165) is 11.1 Å². The number of nitrogen functional groups attached to an aromatic ring is 1. The third-order valence-electron chi connectivity index (χ3n) is 3.25. The van der Waals surface area contributed by atoms with Crippen molar-refractivity contribution in [3.8, 4) is 0 Å². The largest absolute Gasteiger partial charge is 0.398 e. The molecule has 0 radical (unpaired) electrons. The molecule has 3 nitrogen and oxygen atoms in total. The molecule has 2 N–H and O–H groups in total. The van der Waals surface area contributed by atoms with Crippen LogP contribution >= 0.6 is 23.2 Å². The van der Waals surface area contributed by atoms with E-state index in [1.165, 1.54) is 0 Å². The number of hydrogen-bond donors (Lipinski definition) is 1. The molecule has 2 aromatic carbocycles. The van der Waals surface area contributed by atoms with Gasteiger partial charge in [0.2, 0.25) is 5.91 Å². The average Bonchev–Trinajstić information content (AvgIpc) is 2.44. The van der Waals surface area contributed by atoms with Crippen LogP contribution in [0.3, 0.4) is 0 Å². The predicted octanol–water partition coefficient (Wildman–Crippen LogP) is 3.78. The Labute approximate surface area is 134 Å². The van der Waals surface area contributed by atoms with E-state index in [0.29, 0.717) is 22.3 Å². The van der Waals surface area contributed by atoms with Gasteiger partial charge in [0.25, 0.3) is 0 Å². The van der Waals surface area contributed by atoms with Gasteiger partial charge in [-0.25, -0.2) is 0 Å². The van der Waals surface area contributed by atoms with Crippen LogP contribution < -0.4 is 5.73 Å². The standard InChI is InChI=1S/C16H16Cl2N2O/c1-20(10-12-6-7-13(17)9-14(12)18)16(21)8-11-4-2-3-5-15(11)19/h2-7,9H,8,10,19H2,1H3. The highest BCUT2D eigenvalue weighted by Gasteiger charge is 2.13. The quantitative estimate of drug-likeness (QED) is 0.871. The monoisotopic (exact) mass is 322 g/mol. The minimum absolute atomic E-state index is 0.0149. The van der Waals surface area contributed by atoms with Gasteiger partial charge in [-0.3, -0.25) is 4.79 Å². The number of nitrogens with zero attached hydrogens (tertiary/aromatic N) is 1. The zero-order chi connectivity index (χ0) is 15.4. The first kappa shape index (κ1) is 15.7. The number of halogens is 2. The van der Waals surface area contributed by atoms with E-state index in [1.54, 1.807) is 30.1 Å². The highest BCUT2D eigenvalue weighted by Crippen LogP contribution is 2.22. The molecule has 0 atom stereocenters. The molecule has 5 heteroatoms. The number of anilines is 1. The smallest absolute Gasteiger partial charge is 0.227 e. The van der Waals surface area contributed by atoms with E-state index in [2.05, 4.69) is 0 Å². The van der Waals surface area contributed by atoms with Gasteiger partial charge in [0, 0.05) is 29.3 Å². The van der Waals surface area contributed by atoms with Crippen LogP contribution in [0.1, 0.15) is 11.1 Å². The SMILES string of the molecule is CN(Cc1ccc(Cl)cc1Cl)C(=O)Cc1ccccc1N. The van der Waals surface area contributed by atoms with Crippen molar-refractivity contribution in [2.45, 2.75) is 13.0 Å². The summed E-state index contributed by atoms with van der Waals surface area (Å²) in [5.74, 6) is -0.0149. The van der Waals surface area contributed by atoms with Crippen molar-refractivity contribution in [1.29, 1.82) is 0 Å². The van der Waals surface area contributed by atoms with Crippen molar-refractivity contribution in [3.05, 3.63) is 63.6 Å². The van der Waals surface area contributed by atoms with Gasteiger partial charge in [-0.2, -0.15) is 0 Å². The Morgan fingerprint density at radius 2 is 1.86 bits per heavy atom. The highest BCUT2D eigenvalue weighted by molar-refractivity contribution is 6.35. The van der Waals surface area contributed by atoms with Crippen LogP contribution in [0.25, 0.3) is 0 Å². The van der Waals surface area contributed by atoms with Crippen LogP contribution in [0.4, 0.5) is 5.69 Å². The number of carbonyl (C=O) groups excluding carboxylic acids is 1. The Morgan fingerprint density at radius 1 is 1.14 bits per heavy atom. The van der Waals surface area contributed by atoms with E-state index in [4.69, 9.17) is 28.9 Å². The van der Waals surface area contributed by atoms with Crippen LogP contribution in [-0.4, -0.2) is 17.9 Å². The molecule has 0 unspecified atom stereocenters. The van der Waals surface area contributed by atoms with Gasteiger partial charge in [0.05, 0.1) is 6.42 Å². The zero-order valence-corrected chi connectivity index (χ0v) is 13.2. The van der Waals surface area contributed by atoms with Gasteiger partial charge in [0.1, 0.15) is 0 Å². The predicted molar refractivity (Wildman–Crippen MR) is 87.5 cm³/mol. The van der Waals surface area contributed by atoms with E-state index in [9.17, 15) is 4.79 Å². The summed E-state index contributed by atoms with van der Waals surface area (Å²) in [5.41, 5.74) is 8.17. The minimum Gasteiger partial charge on any atom is -0.398 e.